The van der Waals surface area contributed by atoms with Crippen molar-refractivity contribution in [1.82, 2.24) is 0 Å². The summed E-state index contributed by atoms with van der Waals surface area (Å²) in [7, 11) is 0. The summed E-state index contributed by atoms with van der Waals surface area (Å²) in [5, 5.41) is 8.89. The van der Waals surface area contributed by atoms with Gasteiger partial charge in [0.15, 0.2) is 0 Å². The third kappa shape index (κ3) is 2.42. The van der Waals surface area contributed by atoms with Gasteiger partial charge in [-0.15, -0.1) is 11.3 Å². The fraction of sp³-hybridized carbons (Fsp3) is 0.154. The van der Waals surface area contributed by atoms with Crippen LogP contribution in [0, 0.1) is 18.3 Å². The highest BCUT2D eigenvalue weighted by Gasteiger charge is 2.30. The average molecular weight is 282 g/mol. The van der Waals surface area contributed by atoms with Gasteiger partial charge in [0.1, 0.15) is 10.9 Å². The van der Waals surface area contributed by atoms with Crippen LogP contribution in [-0.2, 0) is 6.18 Å². The molecule has 0 unspecified atom stereocenters. The lowest BCUT2D eigenvalue weighted by molar-refractivity contribution is -0.137. The van der Waals surface area contributed by atoms with Crippen molar-refractivity contribution in [3.05, 3.63) is 40.3 Å². The van der Waals surface area contributed by atoms with Crippen LogP contribution < -0.4 is 5.73 Å². The molecule has 2 N–H and O–H groups in total. The van der Waals surface area contributed by atoms with Crippen LogP contribution in [0.25, 0.3) is 10.4 Å². The number of hydrogen-bond donors (Lipinski definition) is 1. The number of alkyl halides is 3. The van der Waals surface area contributed by atoms with Crippen molar-refractivity contribution >= 4 is 17.0 Å². The fourth-order valence-corrected chi connectivity index (χ4v) is 2.74. The zero-order valence-corrected chi connectivity index (χ0v) is 10.7. The van der Waals surface area contributed by atoms with E-state index in [0.717, 1.165) is 23.5 Å². The summed E-state index contributed by atoms with van der Waals surface area (Å²) in [5.41, 5.74) is 6.42. The molecule has 1 heterocycles. The van der Waals surface area contributed by atoms with Crippen molar-refractivity contribution in [1.29, 1.82) is 5.26 Å². The lowest BCUT2D eigenvalue weighted by Crippen LogP contribution is -2.04. The Morgan fingerprint density at radius 1 is 1.32 bits per heavy atom. The monoisotopic (exact) mass is 282 g/mol. The van der Waals surface area contributed by atoms with Crippen LogP contribution in [0.5, 0.6) is 0 Å². The van der Waals surface area contributed by atoms with E-state index in [0.29, 0.717) is 26.6 Å². The van der Waals surface area contributed by atoms with E-state index in [9.17, 15) is 13.2 Å². The summed E-state index contributed by atoms with van der Waals surface area (Å²) in [5.74, 6) is 0. The maximum absolute atomic E-state index is 12.7. The average Bonchev–Trinajstić information content (AvgIpc) is 2.65. The van der Waals surface area contributed by atoms with Gasteiger partial charge in [0.2, 0.25) is 0 Å². The molecule has 0 spiro atoms. The van der Waals surface area contributed by atoms with Gasteiger partial charge in [-0.1, -0.05) is 12.1 Å². The zero-order chi connectivity index (χ0) is 14.2. The molecule has 0 aliphatic heterocycles. The van der Waals surface area contributed by atoms with E-state index in [4.69, 9.17) is 11.0 Å². The second-order valence-electron chi connectivity index (χ2n) is 3.99. The van der Waals surface area contributed by atoms with Crippen LogP contribution in [0.15, 0.2) is 24.3 Å². The number of nitrogens with zero attached hydrogens (tertiary/aromatic N) is 1. The molecule has 0 saturated carbocycles. The number of benzene rings is 1. The quantitative estimate of drug-likeness (QED) is 0.852. The molecule has 2 rings (SSSR count). The molecule has 2 aromatic rings. The summed E-state index contributed by atoms with van der Waals surface area (Å²) in [6, 6.07) is 6.95. The number of thiophene rings is 1. The minimum absolute atomic E-state index is 0.324. The summed E-state index contributed by atoms with van der Waals surface area (Å²) < 4.78 is 38.0. The van der Waals surface area contributed by atoms with Gasteiger partial charge in [0.25, 0.3) is 0 Å². The van der Waals surface area contributed by atoms with Gasteiger partial charge in [-0.2, -0.15) is 18.4 Å². The van der Waals surface area contributed by atoms with E-state index in [1.807, 2.05) is 6.07 Å². The third-order valence-electron chi connectivity index (χ3n) is 2.75. The Hall–Kier alpha value is -2.00. The molecule has 2 nitrogen and oxygen atoms in total. The lowest BCUT2D eigenvalue weighted by Gasteiger charge is -2.08. The minimum atomic E-state index is -4.38. The molecule has 1 aromatic heterocycles. The lowest BCUT2D eigenvalue weighted by atomic mass is 10.1. The molecule has 0 radical (unpaired) electrons. The van der Waals surface area contributed by atoms with Crippen LogP contribution in [0.1, 0.15) is 16.0 Å². The molecule has 0 aliphatic rings. The molecular weight excluding hydrogens is 273 g/mol. The highest BCUT2D eigenvalue weighted by Crippen LogP contribution is 2.39. The highest BCUT2D eigenvalue weighted by molar-refractivity contribution is 7.16. The first-order chi connectivity index (χ1) is 8.84. The van der Waals surface area contributed by atoms with Crippen molar-refractivity contribution in [2.75, 3.05) is 5.73 Å². The molecule has 0 fully saturated rings. The predicted octanol–water partition coefficient (Wildman–Crippen LogP) is 4.20. The number of hydrogen-bond acceptors (Lipinski definition) is 3. The first-order valence-electron chi connectivity index (χ1n) is 5.31. The molecule has 0 aliphatic carbocycles. The Labute approximate surface area is 111 Å². The number of nitrogen functional groups attached to an aromatic ring is 1. The third-order valence-corrected chi connectivity index (χ3v) is 4.01. The van der Waals surface area contributed by atoms with Crippen molar-refractivity contribution in [3.8, 4) is 16.5 Å². The standard InChI is InChI=1S/C13H9F3N2S/c1-7-11(18)10(6-17)19-12(7)8-3-2-4-9(5-8)13(14,15)16/h2-5H,18H2,1H3. The molecule has 0 bridgehead atoms. The maximum Gasteiger partial charge on any atom is 0.416 e. The predicted molar refractivity (Wildman–Crippen MR) is 68.6 cm³/mol. The van der Waals surface area contributed by atoms with Crippen molar-refractivity contribution in [2.24, 2.45) is 0 Å². The van der Waals surface area contributed by atoms with Crippen LogP contribution in [0.3, 0.4) is 0 Å². The molecule has 0 amide bonds. The van der Waals surface area contributed by atoms with Crippen molar-refractivity contribution in [3.63, 3.8) is 0 Å². The first kappa shape index (κ1) is 13.4. The van der Waals surface area contributed by atoms with E-state index < -0.39 is 11.7 Å². The molecular formula is C13H9F3N2S. The van der Waals surface area contributed by atoms with Crippen LogP contribution in [-0.4, -0.2) is 0 Å². The van der Waals surface area contributed by atoms with Gasteiger partial charge >= 0.3 is 6.18 Å². The van der Waals surface area contributed by atoms with E-state index in [1.165, 1.54) is 6.07 Å². The molecule has 98 valence electrons. The minimum Gasteiger partial charge on any atom is -0.397 e. The molecule has 0 saturated heterocycles. The van der Waals surface area contributed by atoms with Gasteiger partial charge in [-0.3, -0.25) is 0 Å². The number of halogens is 3. The van der Waals surface area contributed by atoms with Crippen molar-refractivity contribution in [2.45, 2.75) is 13.1 Å². The zero-order valence-electron chi connectivity index (χ0n) is 9.88. The van der Waals surface area contributed by atoms with Gasteiger partial charge in [0.05, 0.1) is 11.3 Å². The summed E-state index contributed by atoms with van der Waals surface area (Å²) >= 11 is 1.11. The van der Waals surface area contributed by atoms with E-state index >= 15 is 0 Å². The second kappa shape index (κ2) is 4.59. The summed E-state index contributed by atoms with van der Waals surface area (Å²) in [6.45, 7) is 1.70. The Morgan fingerprint density at radius 2 is 2.00 bits per heavy atom. The van der Waals surface area contributed by atoms with E-state index in [1.54, 1.807) is 13.0 Å². The number of nitriles is 1. The van der Waals surface area contributed by atoms with Crippen molar-refractivity contribution < 1.29 is 13.2 Å². The molecule has 6 heteroatoms. The van der Waals surface area contributed by atoms with Crippen LogP contribution in [0.2, 0.25) is 0 Å². The fourth-order valence-electron chi connectivity index (χ4n) is 1.72. The highest BCUT2D eigenvalue weighted by atomic mass is 32.1. The molecule has 0 atom stereocenters. The number of nitrogens with two attached hydrogens (primary N) is 1. The normalized spacial score (nSPS) is 11.3. The van der Waals surface area contributed by atoms with E-state index in [-0.39, 0.29) is 0 Å². The Kier molecular flexibility index (Phi) is 3.25. The Morgan fingerprint density at radius 3 is 2.53 bits per heavy atom. The Bertz CT molecular complexity index is 666. The van der Waals surface area contributed by atoms with Gasteiger partial charge < -0.3 is 5.73 Å². The van der Waals surface area contributed by atoms with Gasteiger partial charge in [-0.25, -0.2) is 0 Å². The van der Waals surface area contributed by atoms with Gasteiger partial charge in [-0.05, 0) is 30.2 Å². The topological polar surface area (TPSA) is 49.8 Å². The molecule has 19 heavy (non-hydrogen) atoms. The summed E-state index contributed by atoms with van der Waals surface area (Å²) in [4.78, 5) is 0.921. The SMILES string of the molecule is Cc1c(-c2cccc(C(F)(F)F)c2)sc(C#N)c1N. The first-order valence-corrected chi connectivity index (χ1v) is 6.13. The number of rotatable bonds is 1. The summed E-state index contributed by atoms with van der Waals surface area (Å²) in [6.07, 6.45) is -4.38. The maximum atomic E-state index is 12.7. The largest absolute Gasteiger partial charge is 0.416 e. The number of anilines is 1. The smallest absolute Gasteiger partial charge is 0.397 e. The van der Waals surface area contributed by atoms with E-state index in [2.05, 4.69) is 0 Å². The molecule has 1 aromatic carbocycles. The second-order valence-corrected chi connectivity index (χ2v) is 5.01. The van der Waals surface area contributed by atoms with Crippen LogP contribution in [0.4, 0.5) is 18.9 Å². The van der Waals surface area contributed by atoms with Crippen LogP contribution >= 0.6 is 11.3 Å². The van der Waals surface area contributed by atoms with Gasteiger partial charge in [0, 0.05) is 4.88 Å². The Balaban J connectivity index is 2.58.